The summed E-state index contributed by atoms with van der Waals surface area (Å²) in [5, 5.41) is 18.5. The third-order valence-corrected chi connectivity index (χ3v) is 12.3. The summed E-state index contributed by atoms with van der Waals surface area (Å²) in [6, 6.07) is 10.6. The number of nitrogens with one attached hydrogen (secondary N) is 2. The van der Waals surface area contributed by atoms with Crippen molar-refractivity contribution in [2.75, 3.05) is 18.4 Å². The second kappa shape index (κ2) is 11.8. The lowest BCUT2D eigenvalue weighted by atomic mass is 9.32. The number of rotatable bonds is 10. The maximum Gasteiger partial charge on any atom is 0.393 e. The summed E-state index contributed by atoms with van der Waals surface area (Å²) in [5.74, 6) is 1.19. The number of halogens is 3. The molecular weight excluding hydrogens is 623 g/mol. The maximum absolute atomic E-state index is 12.9. The molecule has 1 aliphatic heterocycles. The van der Waals surface area contributed by atoms with E-state index in [0.29, 0.717) is 34.1 Å². The van der Waals surface area contributed by atoms with Gasteiger partial charge in [0.25, 0.3) is 0 Å². The number of carbonyl (C=O) groups is 1. The predicted octanol–water partition coefficient (Wildman–Crippen LogP) is 7.09. The Labute approximate surface area is 276 Å². The summed E-state index contributed by atoms with van der Waals surface area (Å²) >= 11 is 1.07. The number of aryl methyl sites for hydroxylation is 2. The van der Waals surface area contributed by atoms with Crippen molar-refractivity contribution in [1.29, 1.82) is 5.26 Å². The summed E-state index contributed by atoms with van der Waals surface area (Å²) < 4.78 is 41.0. The van der Waals surface area contributed by atoms with E-state index in [4.69, 9.17) is 0 Å². The van der Waals surface area contributed by atoms with E-state index in [9.17, 15) is 23.2 Å². The number of fused-ring (bicyclic) bond motifs is 2. The van der Waals surface area contributed by atoms with Crippen LogP contribution >= 0.6 is 11.3 Å². The molecule has 4 aliphatic rings. The molecule has 3 aliphatic carbocycles. The highest BCUT2D eigenvalue weighted by Crippen LogP contribution is 2.73. The third-order valence-electron chi connectivity index (χ3n) is 11.3. The molecule has 4 heterocycles. The number of thiophene rings is 1. The molecule has 4 aromatic rings. The number of nitrogens with zero attached hydrogens (tertiary/aromatic N) is 5. The Balaban J connectivity index is 0.975. The molecule has 248 valence electrons. The van der Waals surface area contributed by atoms with Gasteiger partial charge in [-0.15, -0.1) is 11.3 Å². The van der Waals surface area contributed by atoms with Crippen LogP contribution in [0.1, 0.15) is 74.1 Å². The molecule has 8 nitrogen and oxygen atoms in total. The fourth-order valence-electron chi connectivity index (χ4n) is 8.43. The zero-order valence-electron chi connectivity index (χ0n) is 27.0. The number of hydrogen-bond donors (Lipinski definition) is 2. The number of nitriles is 1. The fourth-order valence-corrected chi connectivity index (χ4v) is 9.46. The van der Waals surface area contributed by atoms with E-state index in [1.54, 1.807) is 6.07 Å². The molecule has 12 heteroatoms. The molecule has 3 aromatic heterocycles. The smallest absolute Gasteiger partial charge is 0.367 e. The minimum atomic E-state index is -4.26. The van der Waals surface area contributed by atoms with Crippen molar-refractivity contribution >= 4 is 44.2 Å². The molecule has 2 N–H and O–H groups in total. The van der Waals surface area contributed by atoms with Crippen LogP contribution in [0.2, 0.25) is 0 Å². The molecule has 1 aromatic carbocycles. The van der Waals surface area contributed by atoms with Crippen LogP contribution in [0.5, 0.6) is 0 Å². The maximum atomic E-state index is 12.9. The third kappa shape index (κ3) is 5.75. The summed E-state index contributed by atoms with van der Waals surface area (Å²) in [5.41, 5.74) is 4.47. The van der Waals surface area contributed by atoms with Crippen molar-refractivity contribution in [3.05, 3.63) is 52.3 Å². The van der Waals surface area contributed by atoms with Gasteiger partial charge in [-0.1, -0.05) is 19.9 Å². The van der Waals surface area contributed by atoms with Gasteiger partial charge >= 0.3 is 6.18 Å². The quantitative estimate of drug-likeness (QED) is 0.188. The van der Waals surface area contributed by atoms with Gasteiger partial charge in [-0.3, -0.25) is 9.69 Å². The largest absolute Gasteiger partial charge is 0.393 e. The van der Waals surface area contributed by atoms with E-state index in [-0.39, 0.29) is 27.8 Å². The number of carbonyl (C=O) groups excluding carboxylic acids is 1. The molecule has 8 rings (SSSR count). The molecule has 2 bridgehead atoms. The number of hydrogen-bond acceptors (Lipinski definition) is 7. The molecule has 4 fully saturated rings. The number of benzene rings is 1. The van der Waals surface area contributed by atoms with Crippen LogP contribution in [0, 0.1) is 29.6 Å². The number of anilines is 1. The van der Waals surface area contributed by atoms with Crippen LogP contribution in [0.3, 0.4) is 0 Å². The highest BCUT2D eigenvalue weighted by atomic mass is 32.1. The molecule has 1 amide bonds. The number of likely N-dealkylation sites (tertiary alicyclic amines) is 1. The second-order valence-electron chi connectivity index (χ2n) is 14.0. The van der Waals surface area contributed by atoms with E-state index >= 15 is 0 Å². The van der Waals surface area contributed by atoms with Crippen molar-refractivity contribution in [3.63, 3.8) is 0 Å². The number of alkyl halides is 3. The Morgan fingerprint density at radius 3 is 2.62 bits per heavy atom. The van der Waals surface area contributed by atoms with Crippen molar-refractivity contribution in [3.8, 4) is 6.07 Å². The topological polar surface area (TPSA) is 98.9 Å². The van der Waals surface area contributed by atoms with Gasteiger partial charge in [0.05, 0.1) is 11.8 Å². The van der Waals surface area contributed by atoms with Gasteiger partial charge in [0.15, 0.2) is 0 Å². The lowest BCUT2D eigenvalue weighted by molar-refractivity contribution is -0.226. The normalized spacial score (nSPS) is 24.6. The summed E-state index contributed by atoms with van der Waals surface area (Å²) in [7, 11) is 0. The first-order valence-corrected chi connectivity index (χ1v) is 17.4. The molecule has 47 heavy (non-hydrogen) atoms. The van der Waals surface area contributed by atoms with Crippen LogP contribution in [0.4, 0.5) is 19.0 Å². The average molecular weight is 664 g/mol. The van der Waals surface area contributed by atoms with E-state index in [1.165, 1.54) is 17.5 Å². The van der Waals surface area contributed by atoms with Gasteiger partial charge in [-0.25, -0.2) is 9.97 Å². The van der Waals surface area contributed by atoms with E-state index in [1.807, 2.05) is 13.0 Å². The van der Waals surface area contributed by atoms with Gasteiger partial charge in [-0.2, -0.15) is 18.4 Å². The van der Waals surface area contributed by atoms with Crippen molar-refractivity contribution in [2.24, 2.45) is 11.3 Å². The minimum Gasteiger partial charge on any atom is -0.367 e. The molecule has 0 spiro atoms. The molecule has 1 saturated heterocycles. The lowest BCUT2D eigenvalue weighted by Crippen LogP contribution is -2.80. The van der Waals surface area contributed by atoms with Gasteiger partial charge in [0.2, 0.25) is 5.91 Å². The standard InChI is InChI=1S/C35H40F3N7OS/c1-4-30(46)43-34-18-33(19-34,22(34)3)9-12-45-25(16-39)13-27-21(2)23(5-6-29(27)45)17-44-10-7-24(8-11-44)42-31-28-14-26(15-35(36,37)38)47-32(28)41-20-40-31/h5-6,13-14,20,22,24H,4,7-12,15,17-19H2,1-3H3,(H,43,46)(H,40,41,42)/t22-,33?,34?/m0/s1. The van der Waals surface area contributed by atoms with Crippen LogP contribution < -0.4 is 10.6 Å². The number of amides is 1. The van der Waals surface area contributed by atoms with Crippen molar-refractivity contribution < 1.29 is 18.0 Å². The Hall–Kier alpha value is -3.69. The zero-order valence-corrected chi connectivity index (χ0v) is 27.8. The van der Waals surface area contributed by atoms with Crippen LogP contribution in [0.15, 0.2) is 30.6 Å². The fraction of sp³-hybridized carbons (Fsp3) is 0.543. The molecule has 1 atom stereocenters. The van der Waals surface area contributed by atoms with Crippen LogP contribution in [-0.4, -0.2) is 56.2 Å². The van der Waals surface area contributed by atoms with Crippen molar-refractivity contribution in [1.82, 2.24) is 24.8 Å². The lowest BCUT2D eigenvalue weighted by Gasteiger charge is -2.76. The first kappa shape index (κ1) is 31.9. The molecule has 3 saturated carbocycles. The highest BCUT2D eigenvalue weighted by Gasteiger charge is 2.73. The van der Waals surface area contributed by atoms with E-state index in [0.717, 1.165) is 80.5 Å². The number of piperidine rings is 1. The van der Waals surface area contributed by atoms with Crippen molar-refractivity contribution in [2.45, 2.75) is 96.6 Å². The Bertz CT molecular complexity index is 1880. The van der Waals surface area contributed by atoms with Gasteiger partial charge < -0.3 is 15.2 Å². The first-order chi connectivity index (χ1) is 22.4. The monoisotopic (exact) mass is 663 g/mol. The summed E-state index contributed by atoms with van der Waals surface area (Å²) in [4.78, 5) is 23.8. The van der Waals surface area contributed by atoms with Gasteiger partial charge in [0.1, 0.15) is 28.7 Å². The Kier molecular flexibility index (Phi) is 7.99. The first-order valence-electron chi connectivity index (χ1n) is 16.5. The van der Waals surface area contributed by atoms with E-state index in [2.05, 4.69) is 62.1 Å². The van der Waals surface area contributed by atoms with Gasteiger partial charge in [-0.05, 0) is 79.7 Å². The molecular formula is C35H40F3N7OS. The number of aromatic nitrogens is 3. The molecule has 0 unspecified atom stereocenters. The van der Waals surface area contributed by atoms with E-state index < -0.39 is 12.6 Å². The van der Waals surface area contributed by atoms with Gasteiger partial charge in [0, 0.05) is 60.0 Å². The predicted molar refractivity (Wildman–Crippen MR) is 177 cm³/mol. The summed E-state index contributed by atoms with van der Waals surface area (Å²) in [6.45, 7) is 9.68. The van der Waals surface area contributed by atoms with Crippen LogP contribution in [-0.2, 0) is 24.3 Å². The Morgan fingerprint density at radius 1 is 1.17 bits per heavy atom. The summed E-state index contributed by atoms with van der Waals surface area (Å²) in [6.07, 6.45) is 1.57. The molecule has 0 radical (unpaired) electrons. The second-order valence-corrected chi connectivity index (χ2v) is 15.1. The van der Waals surface area contributed by atoms with Crippen LogP contribution in [0.25, 0.3) is 21.1 Å². The SMILES string of the molecule is CCC(=O)NC12CC(CCn3c(C#N)cc4c(C)c(CN5CCC(Nc6ncnc7sc(CC(F)(F)F)cc67)CC5)ccc43)(C1)[C@@H]2C. The minimum absolute atomic E-state index is 0.0178. The highest BCUT2D eigenvalue weighted by molar-refractivity contribution is 7.18. The Morgan fingerprint density at radius 2 is 1.94 bits per heavy atom. The zero-order chi connectivity index (χ0) is 33.1. The average Bonchev–Trinajstić information content (AvgIpc) is 3.61.